The highest BCUT2D eigenvalue weighted by atomic mass is 35.5. The zero-order chi connectivity index (χ0) is 25.3. The van der Waals surface area contributed by atoms with E-state index in [4.69, 9.17) is 11.6 Å². The van der Waals surface area contributed by atoms with Crippen molar-refractivity contribution in [3.05, 3.63) is 77.3 Å². The second kappa shape index (κ2) is 12.5. The average molecular weight is 506 g/mol. The molecular formula is C28H32ClN5O2. The lowest BCUT2D eigenvalue weighted by atomic mass is 10.1. The molecule has 0 unspecified atom stereocenters. The number of carbonyl (C=O) groups is 2. The Hall–Kier alpha value is -3.45. The standard InChI is InChI=1S/C28H32ClN5O2/c1-2-15-34(27(35)20-22-9-4-3-5-10-22)21-28(36)33-17-8-16-32(18-19-33)26-14-13-25(30-31-26)23-11-6-7-12-24(23)29/h3-7,9-14H,2,8,15-21H2,1H3. The first kappa shape index (κ1) is 25.6. The summed E-state index contributed by atoms with van der Waals surface area (Å²) in [5.41, 5.74) is 2.54. The van der Waals surface area contributed by atoms with Crippen molar-refractivity contribution < 1.29 is 9.59 Å². The first-order valence-corrected chi connectivity index (χ1v) is 12.9. The number of rotatable bonds is 8. The summed E-state index contributed by atoms with van der Waals surface area (Å²) in [6.07, 6.45) is 1.95. The fourth-order valence-electron chi connectivity index (χ4n) is 4.41. The Kier molecular flexibility index (Phi) is 8.90. The molecule has 2 aromatic carbocycles. The smallest absolute Gasteiger partial charge is 0.242 e. The summed E-state index contributed by atoms with van der Waals surface area (Å²) in [4.78, 5) is 31.8. The van der Waals surface area contributed by atoms with Crippen LogP contribution in [0.25, 0.3) is 11.3 Å². The molecule has 0 aliphatic carbocycles. The van der Waals surface area contributed by atoms with E-state index in [-0.39, 0.29) is 18.4 Å². The number of halogens is 1. The van der Waals surface area contributed by atoms with E-state index in [1.807, 2.05) is 78.6 Å². The van der Waals surface area contributed by atoms with Gasteiger partial charge in [-0.2, -0.15) is 0 Å². The van der Waals surface area contributed by atoms with Crippen LogP contribution >= 0.6 is 11.6 Å². The first-order chi connectivity index (χ1) is 17.5. The van der Waals surface area contributed by atoms with Gasteiger partial charge in [0, 0.05) is 38.3 Å². The number of nitrogens with zero attached hydrogens (tertiary/aromatic N) is 5. The second-order valence-corrected chi connectivity index (χ2v) is 9.36. The number of anilines is 1. The number of hydrogen-bond acceptors (Lipinski definition) is 5. The van der Waals surface area contributed by atoms with Gasteiger partial charge in [-0.05, 0) is 36.6 Å². The summed E-state index contributed by atoms with van der Waals surface area (Å²) < 4.78 is 0. The maximum absolute atomic E-state index is 13.1. The van der Waals surface area contributed by atoms with E-state index in [2.05, 4.69) is 15.1 Å². The van der Waals surface area contributed by atoms with Crippen molar-refractivity contribution in [2.45, 2.75) is 26.2 Å². The molecule has 2 amide bonds. The molecule has 36 heavy (non-hydrogen) atoms. The van der Waals surface area contributed by atoms with Crippen molar-refractivity contribution >= 4 is 29.2 Å². The third kappa shape index (κ3) is 6.61. The van der Waals surface area contributed by atoms with Crippen LogP contribution in [0.2, 0.25) is 5.02 Å². The fraction of sp³-hybridized carbons (Fsp3) is 0.357. The molecule has 0 radical (unpaired) electrons. The lowest BCUT2D eigenvalue weighted by Gasteiger charge is -2.27. The molecule has 4 rings (SSSR count). The molecule has 0 spiro atoms. The minimum Gasteiger partial charge on any atom is -0.353 e. The van der Waals surface area contributed by atoms with Crippen LogP contribution in [-0.4, -0.2) is 71.1 Å². The third-order valence-electron chi connectivity index (χ3n) is 6.34. The van der Waals surface area contributed by atoms with Gasteiger partial charge in [0.25, 0.3) is 0 Å². The number of aromatic nitrogens is 2. The monoisotopic (exact) mass is 505 g/mol. The highest BCUT2D eigenvalue weighted by Crippen LogP contribution is 2.26. The van der Waals surface area contributed by atoms with Crippen LogP contribution in [0.1, 0.15) is 25.3 Å². The van der Waals surface area contributed by atoms with Crippen LogP contribution in [-0.2, 0) is 16.0 Å². The van der Waals surface area contributed by atoms with Crippen molar-refractivity contribution in [3.63, 3.8) is 0 Å². The zero-order valence-electron chi connectivity index (χ0n) is 20.6. The normalized spacial score (nSPS) is 13.8. The molecular weight excluding hydrogens is 474 g/mol. The Morgan fingerprint density at radius 2 is 1.69 bits per heavy atom. The molecule has 0 atom stereocenters. The van der Waals surface area contributed by atoms with Gasteiger partial charge in [0.15, 0.2) is 5.82 Å². The summed E-state index contributed by atoms with van der Waals surface area (Å²) in [6.45, 7) is 5.41. The first-order valence-electron chi connectivity index (χ1n) is 12.5. The highest BCUT2D eigenvalue weighted by molar-refractivity contribution is 6.33. The van der Waals surface area contributed by atoms with Crippen molar-refractivity contribution in [3.8, 4) is 11.3 Å². The van der Waals surface area contributed by atoms with Crippen LogP contribution in [0.15, 0.2) is 66.7 Å². The molecule has 1 saturated heterocycles. The molecule has 7 nitrogen and oxygen atoms in total. The Balaban J connectivity index is 1.35. The molecule has 0 saturated carbocycles. The summed E-state index contributed by atoms with van der Waals surface area (Å²) in [5.74, 6) is 0.763. The van der Waals surface area contributed by atoms with E-state index in [1.54, 1.807) is 4.90 Å². The maximum atomic E-state index is 13.1. The summed E-state index contributed by atoms with van der Waals surface area (Å²) >= 11 is 6.29. The Morgan fingerprint density at radius 3 is 2.42 bits per heavy atom. The van der Waals surface area contributed by atoms with Gasteiger partial charge < -0.3 is 14.7 Å². The van der Waals surface area contributed by atoms with E-state index < -0.39 is 0 Å². The highest BCUT2D eigenvalue weighted by Gasteiger charge is 2.24. The van der Waals surface area contributed by atoms with E-state index in [0.29, 0.717) is 37.6 Å². The van der Waals surface area contributed by atoms with Crippen LogP contribution < -0.4 is 4.90 Å². The molecule has 3 aromatic rings. The van der Waals surface area contributed by atoms with Crippen molar-refractivity contribution in [1.29, 1.82) is 0 Å². The molecule has 1 aliphatic rings. The van der Waals surface area contributed by atoms with Gasteiger partial charge in [-0.1, -0.05) is 67.1 Å². The molecule has 188 valence electrons. The van der Waals surface area contributed by atoms with E-state index >= 15 is 0 Å². The lowest BCUT2D eigenvalue weighted by Crippen LogP contribution is -2.45. The van der Waals surface area contributed by atoms with Gasteiger partial charge in [-0.25, -0.2) is 0 Å². The summed E-state index contributed by atoms with van der Waals surface area (Å²) in [7, 11) is 0. The molecule has 0 N–H and O–H groups in total. The quantitative estimate of drug-likeness (QED) is 0.456. The lowest BCUT2D eigenvalue weighted by molar-refractivity contribution is -0.140. The minimum atomic E-state index is -0.0123. The van der Waals surface area contributed by atoms with Crippen LogP contribution in [0.5, 0.6) is 0 Å². The Bertz CT molecular complexity index is 1160. The predicted molar refractivity (Wildman–Crippen MR) is 143 cm³/mol. The van der Waals surface area contributed by atoms with Crippen molar-refractivity contribution in [1.82, 2.24) is 20.0 Å². The van der Waals surface area contributed by atoms with E-state index in [0.717, 1.165) is 42.0 Å². The number of benzene rings is 2. The van der Waals surface area contributed by atoms with Crippen LogP contribution in [0.4, 0.5) is 5.82 Å². The number of hydrogen-bond donors (Lipinski definition) is 0. The van der Waals surface area contributed by atoms with E-state index in [1.165, 1.54) is 0 Å². The molecule has 8 heteroatoms. The van der Waals surface area contributed by atoms with E-state index in [9.17, 15) is 9.59 Å². The second-order valence-electron chi connectivity index (χ2n) is 8.96. The van der Waals surface area contributed by atoms with Crippen LogP contribution in [0.3, 0.4) is 0 Å². The predicted octanol–water partition coefficient (Wildman–Crippen LogP) is 4.32. The fourth-order valence-corrected chi connectivity index (χ4v) is 4.64. The van der Waals surface area contributed by atoms with Crippen molar-refractivity contribution in [2.75, 3.05) is 44.2 Å². The van der Waals surface area contributed by atoms with Gasteiger partial charge in [-0.15, -0.1) is 10.2 Å². The molecule has 1 aliphatic heterocycles. The molecule has 1 fully saturated rings. The minimum absolute atomic E-state index is 0.00753. The third-order valence-corrected chi connectivity index (χ3v) is 6.67. The maximum Gasteiger partial charge on any atom is 0.242 e. The Labute approximate surface area is 217 Å². The van der Waals surface area contributed by atoms with Gasteiger partial charge in [0.1, 0.15) is 0 Å². The van der Waals surface area contributed by atoms with Crippen molar-refractivity contribution in [2.24, 2.45) is 0 Å². The van der Waals surface area contributed by atoms with Gasteiger partial charge in [0.05, 0.1) is 23.7 Å². The summed E-state index contributed by atoms with van der Waals surface area (Å²) in [6, 6.07) is 21.1. The Morgan fingerprint density at radius 1 is 0.917 bits per heavy atom. The summed E-state index contributed by atoms with van der Waals surface area (Å²) in [5, 5.41) is 9.45. The molecule has 2 heterocycles. The largest absolute Gasteiger partial charge is 0.353 e. The zero-order valence-corrected chi connectivity index (χ0v) is 21.4. The average Bonchev–Trinajstić information content (AvgIpc) is 3.16. The molecule has 0 bridgehead atoms. The number of carbonyl (C=O) groups excluding carboxylic acids is 2. The van der Waals surface area contributed by atoms with Gasteiger partial charge in [0.2, 0.25) is 11.8 Å². The van der Waals surface area contributed by atoms with Gasteiger partial charge in [-0.3, -0.25) is 9.59 Å². The number of amides is 2. The molecule has 1 aromatic heterocycles. The topological polar surface area (TPSA) is 69.6 Å². The SMILES string of the molecule is CCCN(CC(=O)N1CCCN(c2ccc(-c3ccccc3Cl)nn2)CC1)C(=O)Cc1ccccc1. The van der Waals surface area contributed by atoms with Gasteiger partial charge >= 0.3 is 0 Å². The van der Waals surface area contributed by atoms with Crippen LogP contribution in [0, 0.1) is 0 Å².